The SMILES string of the molecule is Cn1cc(C(=O)Nc2cc(Cl)c(CC(=O)C(OC3CCC(C(=O)O)CC3)(N3CCCC3)N3CCN(CC(F)(F)F)CC3)cc2Cl)c2ccccc21. The van der Waals surface area contributed by atoms with E-state index in [0.717, 1.165) is 23.7 Å². The number of aromatic nitrogens is 1. The zero-order valence-corrected chi connectivity index (χ0v) is 29.9. The van der Waals surface area contributed by atoms with Crippen LogP contribution in [0.3, 0.4) is 0 Å². The quantitative estimate of drug-likeness (QED) is 0.231. The number of benzene rings is 2. The Labute approximate surface area is 304 Å². The third-order valence-corrected chi connectivity index (χ3v) is 11.0. The number of nitrogens with one attached hydrogen (secondary N) is 1. The molecule has 3 aromatic rings. The number of carboxylic acid groups (broad SMARTS) is 1. The lowest BCUT2D eigenvalue weighted by atomic mass is 9.87. The molecule has 1 aromatic heterocycles. The van der Waals surface area contributed by atoms with Crippen molar-refractivity contribution in [3.8, 4) is 0 Å². The van der Waals surface area contributed by atoms with E-state index in [4.69, 9.17) is 27.9 Å². The van der Waals surface area contributed by atoms with Crippen molar-refractivity contribution in [2.45, 2.75) is 63.1 Å². The molecule has 15 heteroatoms. The van der Waals surface area contributed by atoms with E-state index >= 15 is 0 Å². The van der Waals surface area contributed by atoms with Gasteiger partial charge in [0.25, 0.3) is 5.91 Å². The van der Waals surface area contributed by atoms with Crippen LogP contribution in [0.25, 0.3) is 10.9 Å². The second-order valence-electron chi connectivity index (χ2n) is 13.8. The first-order valence-corrected chi connectivity index (χ1v) is 18.1. The minimum Gasteiger partial charge on any atom is -0.481 e. The van der Waals surface area contributed by atoms with Crippen LogP contribution in [0.15, 0.2) is 42.6 Å². The molecule has 2 aliphatic heterocycles. The highest BCUT2D eigenvalue weighted by Crippen LogP contribution is 2.38. The molecule has 276 valence electrons. The van der Waals surface area contributed by atoms with E-state index in [1.165, 1.54) is 11.0 Å². The number of halogens is 5. The number of rotatable bonds is 11. The Kier molecular flexibility index (Phi) is 11.4. The highest BCUT2D eigenvalue weighted by Gasteiger charge is 2.53. The zero-order chi connectivity index (χ0) is 36.5. The van der Waals surface area contributed by atoms with Crippen LogP contribution in [-0.2, 0) is 27.8 Å². The monoisotopic (exact) mass is 751 g/mol. The first-order chi connectivity index (χ1) is 24.2. The standard InChI is InChI=1S/C36H42Cl2F3N5O5/c1-43-21-27(26-6-2-3-7-31(26)43)33(48)42-30-20-28(37)24(18-29(30)38)19-32(47)36(45-12-4-5-13-45,51-25-10-8-23(9-11-25)34(49)50)46-16-14-44(15-17-46)22-35(39,40)41/h2-3,6-7,18,20-21,23,25H,4-5,8-17,19,22H2,1H3,(H,42,48)(H,49,50). The third kappa shape index (κ3) is 8.23. The number of aryl methyl sites for hydroxylation is 1. The lowest BCUT2D eigenvalue weighted by Gasteiger charge is -2.52. The molecule has 0 spiro atoms. The molecule has 3 fully saturated rings. The van der Waals surface area contributed by atoms with Gasteiger partial charge in [0.05, 0.1) is 34.8 Å². The fraction of sp³-hybridized carbons (Fsp3) is 0.528. The maximum atomic E-state index is 14.8. The number of piperazine rings is 1. The van der Waals surface area contributed by atoms with Gasteiger partial charge in [-0.15, -0.1) is 0 Å². The second-order valence-corrected chi connectivity index (χ2v) is 14.6. The molecule has 1 aliphatic carbocycles. The predicted octanol–water partition coefficient (Wildman–Crippen LogP) is 6.44. The minimum atomic E-state index is -4.35. The number of carbonyl (C=O) groups is 3. The second kappa shape index (κ2) is 15.4. The van der Waals surface area contributed by atoms with Gasteiger partial charge in [-0.25, -0.2) is 0 Å². The number of para-hydroxylation sites is 1. The first kappa shape index (κ1) is 37.6. The van der Waals surface area contributed by atoms with Crippen molar-refractivity contribution in [1.29, 1.82) is 0 Å². The average molecular weight is 753 g/mol. The van der Waals surface area contributed by atoms with Gasteiger partial charge in [-0.05, 0) is 62.3 Å². The smallest absolute Gasteiger partial charge is 0.401 e. The summed E-state index contributed by atoms with van der Waals surface area (Å²) in [7, 11) is 1.85. The van der Waals surface area contributed by atoms with Crippen LogP contribution in [0.5, 0.6) is 0 Å². The zero-order valence-electron chi connectivity index (χ0n) is 28.4. The molecule has 2 saturated heterocycles. The molecule has 3 heterocycles. The highest BCUT2D eigenvalue weighted by molar-refractivity contribution is 6.36. The van der Waals surface area contributed by atoms with Gasteiger partial charge in [0, 0.05) is 74.9 Å². The van der Waals surface area contributed by atoms with Crippen LogP contribution in [0.4, 0.5) is 18.9 Å². The van der Waals surface area contributed by atoms with Crippen LogP contribution >= 0.6 is 23.2 Å². The van der Waals surface area contributed by atoms with Gasteiger partial charge in [0.1, 0.15) is 0 Å². The van der Waals surface area contributed by atoms with Gasteiger partial charge in [0.15, 0.2) is 5.78 Å². The van der Waals surface area contributed by atoms with Crippen molar-refractivity contribution in [1.82, 2.24) is 19.3 Å². The number of fused-ring (bicyclic) bond motifs is 1. The van der Waals surface area contributed by atoms with Gasteiger partial charge in [-0.2, -0.15) is 13.2 Å². The summed E-state index contributed by atoms with van der Waals surface area (Å²) in [5.74, 6) is -3.66. The fourth-order valence-electron chi connectivity index (χ4n) is 7.73. The predicted molar refractivity (Wildman–Crippen MR) is 188 cm³/mol. The van der Waals surface area contributed by atoms with Crippen LogP contribution < -0.4 is 5.32 Å². The van der Waals surface area contributed by atoms with Gasteiger partial charge in [-0.3, -0.25) is 29.1 Å². The van der Waals surface area contributed by atoms with E-state index in [0.29, 0.717) is 49.9 Å². The average Bonchev–Trinajstić information content (AvgIpc) is 3.75. The van der Waals surface area contributed by atoms with Crippen molar-refractivity contribution in [2.24, 2.45) is 13.0 Å². The van der Waals surface area contributed by atoms with Crippen LogP contribution in [0, 0.1) is 5.92 Å². The van der Waals surface area contributed by atoms with Crippen LogP contribution in [0.2, 0.25) is 10.0 Å². The van der Waals surface area contributed by atoms with Crippen LogP contribution in [-0.4, -0.2) is 106 Å². The molecule has 2 aromatic carbocycles. The maximum Gasteiger partial charge on any atom is 0.401 e. The molecular formula is C36H42Cl2F3N5O5. The van der Waals surface area contributed by atoms with E-state index in [2.05, 4.69) is 5.32 Å². The molecule has 1 unspecified atom stereocenters. The number of carboxylic acids is 1. The summed E-state index contributed by atoms with van der Waals surface area (Å²) in [6, 6.07) is 10.6. The number of nitrogens with zero attached hydrogens (tertiary/aromatic N) is 4. The molecule has 1 saturated carbocycles. The summed E-state index contributed by atoms with van der Waals surface area (Å²) < 4.78 is 48.5. The summed E-state index contributed by atoms with van der Waals surface area (Å²) in [6.07, 6.45) is 0.0674. The Hall–Kier alpha value is -3.20. The van der Waals surface area contributed by atoms with E-state index in [9.17, 15) is 32.7 Å². The Bertz CT molecular complexity index is 1770. The van der Waals surface area contributed by atoms with E-state index < -0.39 is 36.6 Å². The maximum absolute atomic E-state index is 14.8. The highest BCUT2D eigenvalue weighted by atomic mass is 35.5. The largest absolute Gasteiger partial charge is 0.481 e. The van der Waals surface area contributed by atoms with E-state index in [1.54, 1.807) is 12.3 Å². The van der Waals surface area contributed by atoms with Gasteiger partial charge in [0.2, 0.25) is 5.85 Å². The normalized spacial score (nSPS) is 22.2. The Morgan fingerprint density at radius 3 is 2.22 bits per heavy atom. The number of likely N-dealkylation sites (tertiary alicyclic amines) is 1. The number of ketones is 1. The number of anilines is 1. The molecule has 51 heavy (non-hydrogen) atoms. The van der Waals surface area contributed by atoms with E-state index in [-0.39, 0.29) is 60.0 Å². The number of Topliss-reactive ketones (excluding diaryl/α,β-unsaturated/α-hetero) is 1. The summed E-state index contributed by atoms with van der Waals surface area (Å²) in [5.41, 5.74) is 2.03. The minimum absolute atomic E-state index is 0.0924. The summed E-state index contributed by atoms with van der Waals surface area (Å²) in [4.78, 5) is 45.0. The van der Waals surface area contributed by atoms with Crippen molar-refractivity contribution in [2.75, 3.05) is 51.1 Å². The third-order valence-electron chi connectivity index (χ3n) is 10.3. The van der Waals surface area contributed by atoms with Crippen molar-refractivity contribution < 1.29 is 37.4 Å². The Morgan fingerprint density at radius 2 is 1.57 bits per heavy atom. The molecule has 1 amide bonds. The number of aliphatic carboxylic acids is 1. The number of hydrogen-bond donors (Lipinski definition) is 2. The molecule has 10 nitrogen and oxygen atoms in total. The van der Waals surface area contributed by atoms with Crippen molar-refractivity contribution in [3.63, 3.8) is 0 Å². The number of carbonyl (C=O) groups excluding carboxylic acids is 2. The lowest BCUT2D eigenvalue weighted by molar-refractivity contribution is -0.262. The fourth-order valence-corrected chi connectivity index (χ4v) is 8.19. The van der Waals surface area contributed by atoms with E-state index in [1.807, 2.05) is 45.7 Å². The molecular weight excluding hydrogens is 710 g/mol. The van der Waals surface area contributed by atoms with Crippen LogP contribution in [0.1, 0.15) is 54.4 Å². The Morgan fingerprint density at radius 1 is 0.922 bits per heavy atom. The topological polar surface area (TPSA) is 107 Å². The van der Waals surface area contributed by atoms with Crippen molar-refractivity contribution in [3.05, 3.63) is 63.8 Å². The molecule has 3 aliphatic rings. The molecule has 1 atom stereocenters. The summed E-state index contributed by atoms with van der Waals surface area (Å²) in [5, 5.41) is 13.6. The van der Waals surface area contributed by atoms with Gasteiger partial charge in [-0.1, -0.05) is 41.4 Å². The lowest BCUT2D eigenvalue weighted by Crippen LogP contribution is -2.71. The summed E-state index contributed by atoms with van der Waals surface area (Å²) >= 11 is 13.5. The van der Waals surface area contributed by atoms with Crippen molar-refractivity contribution >= 4 is 57.5 Å². The van der Waals surface area contributed by atoms with Gasteiger partial charge < -0.3 is 19.7 Å². The molecule has 6 rings (SSSR count). The number of amides is 1. The molecule has 0 radical (unpaired) electrons. The Balaban J connectivity index is 1.27. The first-order valence-electron chi connectivity index (χ1n) is 17.3. The number of alkyl halides is 3. The molecule has 0 bridgehead atoms. The number of hydrogen-bond acceptors (Lipinski definition) is 7. The van der Waals surface area contributed by atoms with Gasteiger partial charge >= 0.3 is 12.1 Å². The number of ether oxygens (including phenoxy) is 1. The summed E-state index contributed by atoms with van der Waals surface area (Å²) in [6.45, 7) is 0.569. The molecule has 2 N–H and O–H groups in total.